The van der Waals surface area contributed by atoms with Gasteiger partial charge in [-0.05, 0) is 61.3 Å². The molecule has 0 N–H and O–H groups in total. The zero-order chi connectivity index (χ0) is 33.5. The molecule has 0 atom stereocenters. The van der Waals surface area contributed by atoms with Crippen molar-refractivity contribution in [3.8, 4) is 28.7 Å². The molecular formula is C47H28N4. The predicted octanol–water partition coefficient (Wildman–Crippen LogP) is 12.1. The minimum Gasteiger partial charge on any atom is -0.277 e. The number of aromatic nitrogens is 4. The fraction of sp³-hybridized carbons (Fsp3) is 0. The molecule has 11 rings (SSSR count). The molecule has 0 fully saturated rings. The maximum absolute atomic E-state index is 5.33. The molecule has 2 aromatic heterocycles. The SMILES string of the molecule is c1ccc2cc(-c3nc(-c4ccc5ccccc5c4)nc(-n4c5ccccc5c5c6c7ccccc7ccc6c6ccccc6c54)n3)ccc2c1. The van der Waals surface area contributed by atoms with Gasteiger partial charge in [-0.3, -0.25) is 4.57 Å². The molecule has 0 aliphatic rings. The molecule has 51 heavy (non-hydrogen) atoms. The molecule has 0 aliphatic carbocycles. The van der Waals surface area contributed by atoms with Crippen molar-refractivity contribution < 1.29 is 0 Å². The third-order valence-corrected chi connectivity index (χ3v) is 10.4. The molecule has 0 spiro atoms. The highest BCUT2D eigenvalue weighted by Gasteiger charge is 2.23. The molecule has 0 saturated carbocycles. The van der Waals surface area contributed by atoms with Crippen molar-refractivity contribution in [3.63, 3.8) is 0 Å². The molecular weight excluding hydrogens is 621 g/mol. The highest BCUT2D eigenvalue weighted by Crippen LogP contribution is 2.44. The van der Waals surface area contributed by atoms with Crippen LogP contribution in [0.5, 0.6) is 0 Å². The lowest BCUT2D eigenvalue weighted by Crippen LogP contribution is -2.06. The van der Waals surface area contributed by atoms with Crippen LogP contribution < -0.4 is 0 Å². The first-order chi connectivity index (χ1) is 25.3. The van der Waals surface area contributed by atoms with Crippen LogP contribution in [-0.4, -0.2) is 19.5 Å². The van der Waals surface area contributed by atoms with Crippen molar-refractivity contribution in [2.75, 3.05) is 0 Å². The third kappa shape index (κ3) is 4.23. The van der Waals surface area contributed by atoms with E-state index in [9.17, 15) is 0 Å². The van der Waals surface area contributed by atoms with Gasteiger partial charge < -0.3 is 0 Å². The van der Waals surface area contributed by atoms with Crippen LogP contribution in [0.4, 0.5) is 0 Å². The number of fused-ring (bicyclic) bond motifs is 12. The van der Waals surface area contributed by atoms with Crippen molar-refractivity contribution >= 4 is 75.7 Å². The highest BCUT2D eigenvalue weighted by molar-refractivity contribution is 6.36. The molecule has 0 radical (unpaired) electrons. The zero-order valence-corrected chi connectivity index (χ0v) is 27.5. The molecule has 0 amide bonds. The molecule has 0 bridgehead atoms. The lowest BCUT2D eigenvalue weighted by Gasteiger charge is -2.14. The Morgan fingerprint density at radius 3 is 1.51 bits per heavy atom. The molecule has 9 aromatic carbocycles. The summed E-state index contributed by atoms with van der Waals surface area (Å²) in [6.07, 6.45) is 0. The Morgan fingerprint density at radius 1 is 0.333 bits per heavy atom. The summed E-state index contributed by atoms with van der Waals surface area (Å²) in [5.41, 5.74) is 4.04. The van der Waals surface area contributed by atoms with Gasteiger partial charge in [0.1, 0.15) is 0 Å². The van der Waals surface area contributed by atoms with Crippen molar-refractivity contribution in [1.29, 1.82) is 0 Å². The Morgan fingerprint density at radius 2 is 0.843 bits per heavy atom. The second-order valence-corrected chi connectivity index (χ2v) is 13.2. The van der Waals surface area contributed by atoms with E-state index in [-0.39, 0.29) is 0 Å². The summed E-state index contributed by atoms with van der Waals surface area (Å²) < 4.78 is 2.27. The lowest BCUT2D eigenvalue weighted by molar-refractivity contribution is 0.955. The van der Waals surface area contributed by atoms with E-state index in [1.807, 2.05) is 0 Å². The van der Waals surface area contributed by atoms with Crippen LogP contribution in [0.25, 0.3) is 104 Å². The van der Waals surface area contributed by atoms with E-state index in [1.165, 1.54) is 48.5 Å². The smallest absolute Gasteiger partial charge is 0.238 e. The fourth-order valence-electron chi connectivity index (χ4n) is 8.03. The number of para-hydroxylation sites is 1. The summed E-state index contributed by atoms with van der Waals surface area (Å²) in [7, 11) is 0. The second kappa shape index (κ2) is 10.8. The van der Waals surface area contributed by atoms with E-state index in [2.05, 4.69) is 174 Å². The Bertz CT molecular complexity index is 3110. The first-order valence-electron chi connectivity index (χ1n) is 17.3. The van der Waals surface area contributed by atoms with E-state index >= 15 is 0 Å². The van der Waals surface area contributed by atoms with Gasteiger partial charge in [-0.1, -0.05) is 152 Å². The molecule has 11 aromatic rings. The summed E-state index contributed by atoms with van der Waals surface area (Å²) in [5, 5.41) is 14.3. The van der Waals surface area contributed by atoms with Crippen LogP contribution in [-0.2, 0) is 0 Å². The van der Waals surface area contributed by atoms with Crippen molar-refractivity contribution in [2.45, 2.75) is 0 Å². The van der Waals surface area contributed by atoms with Crippen LogP contribution >= 0.6 is 0 Å². The Balaban J connectivity index is 1.30. The van der Waals surface area contributed by atoms with Gasteiger partial charge in [0.15, 0.2) is 11.6 Å². The van der Waals surface area contributed by atoms with Crippen molar-refractivity contribution in [2.24, 2.45) is 0 Å². The standard InChI is InChI=1S/C47H28N4/c1-3-14-32-27-34(23-21-29(32)11-1)45-48-46(35-24-22-30-12-2-4-15-33(30)28-35)50-47(49-45)51-41-20-10-9-19-40(41)43-42-36-16-6-5-13-31(36)25-26-38(42)37-17-7-8-18-39(37)44(43)51/h1-28H. The lowest BCUT2D eigenvalue weighted by atomic mass is 9.93. The van der Waals surface area contributed by atoms with Gasteiger partial charge in [-0.2, -0.15) is 9.97 Å². The topological polar surface area (TPSA) is 43.6 Å². The summed E-state index contributed by atoms with van der Waals surface area (Å²) in [4.78, 5) is 15.8. The average molecular weight is 649 g/mol. The Kier molecular flexibility index (Phi) is 5.92. The third-order valence-electron chi connectivity index (χ3n) is 10.4. The van der Waals surface area contributed by atoms with Crippen LogP contribution in [0.15, 0.2) is 170 Å². The summed E-state index contributed by atoms with van der Waals surface area (Å²) >= 11 is 0. The van der Waals surface area contributed by atoms with Gasteiger partial charge >= 0.3 is 0 Å². The molecule has 2 heterocycles. The molecule has 0 aliphatic heterocycles. The number of rotatable bonds is 3. The van der Waals surface area contributed by atoms with Gasteiger partial charge in [0.25, 0.3) is 0 Å². The van der Waals surface area contributed by atoms with Gasteiger partial charge in [0.2, 0.25) is 5.95 Å². The minimum atomic E-state index is 0.590. The maximum Gasteiger partial charge on any atom is 0.238 e. The molecule has 4 heteroatoms. The largest absolute Gasteiger partial charge is 0.277 e. The predicted molar refractivity (Wildman–Crippen MR) is 213 cm³/mol. The van der Waals surface area contributed by atoms with E-state index in [0.29, 0.717) is 17.6 Å². The van der Waals surface area contributed by atoms with E-state index in [4.69, 9.17) is 15.0 Å². The van der Waals surface area contributed by atoms with Gasteiger partial charge in [-0.15, -0.1) is 0 Å². The number of hydrogen-bond donors (Lipinski definition) is 0. The van der Waals surface area contributed by atoms with Gasteiger partial charge in [0.05, 0.1) is 11.0 Å². The summed E-state index contributed by atoms with van der Waals surface area (Å²) in [6, 6.07) is 60.3. The summed E-state index contributed by atoms with van der Waals surface area (Å²) in [5.74, 6) is 1.86. The van der Waals surface area contributed by atoms with Crippen LogP contribution in [0.1, 0.15) is 0 Å². The summed E-state index contributed by atoms with van der Waals surface area (Å²) in [6.45, 7) is 0. The number of nitrogens with zero attached hydrogens (tertiary/aromatic N) is 4. The van der Waals surface area contributed by atoms with E-state index in [0.717, 1.165) is 38.3 Å². The molecule has 0 saturated heterocycles. The van der Waals surface area contributed by atoms with Crippen molar-refractivity contribution in [1.82, 2.24) is 19.5 Å². The Hall–Kier alpha value is -6.91. The van der Waals surface area contributed by atoms with Gasteiger partial charge in [-0.25, -0.2) is 4.98 Å². The van der Waals surface area contributed by atoms with Crippen LogP contribution in [0, 0.1) is 0 Å². The van der Waals surface area contributed by atoms with Crippen molar-refractivity contribution in [3.05, 3.63) is 170 Å². The number of hydrogen-bond acceptors (Lipinski definition) is 3. The minimum absolute atomic E-state index is 0.590. The Labute approximate surface area is 292 Å². The van der Waals surface area contributed by atoms with E-state index in [1.54, 1.807) is 0 Å². The maximum atomic E-state index is 5.33. The average Bonchev–Trinajstić information content (AvgIpc) is 3.55. The van der Waals surface area contributed by atoms with Gasteiger partial charge in [0, 0.05) is 32.7 Å². The second-order valence-electron chi connectivity index (χ2n) is 13.2. The van der Waals surface area contributed by atoms with E-state index < -0.39 is 0 Å². The fourth-order valence-corrected chi connectivity index (χ4v) is 8.03. The first-order valence-corrected chi connectivity index (χ1v) is 17.3. The molecule has 0 unspecified atom stereocenters. The first kappa shape index (κ1) is 28.0. The molecule has 4 nitrogen and oxygen atoms in total. The van der Waals surface area contributed by atoms with Crippen LogP contribution in [0.3, 0.4) is 0 Å². The highest BCUT2D eigenvalue weighted by atomic mass is 15.2. The molecule has 236 valence electrons. The monoisotopic (exact) mass is 648 g/mol. The normalized spacial score (nSPS) is 11.9. The zero-order valence-electron chi connectivity index (χ0n) is 27.5. The number of benzene rings is 9. The quantitative estimate of drug-likeness (QED) is 0.179. The van der Waals surface area contributed by atoms with Crippen LogP contribution in [0.2, 0.25) is 0 Å².